The van der Waals surface area contributed by atoms with Crippen molar-refractivity contribution in [2.24, 2.45) is 5.41 Å². The van der Waals surface area contributed by atoms with Gasteiger partial charge in [0.25, 0.3) is 5.91 Å². The summed E-state index contributed by atoms with van der Waals surface area (Å²) < 4.78 is 41.1. The first-order valence-electron chi connectivity index (χ1n) is 14.5. The average Bonchev–Trinajstić information content (AvgIpc) is 3.46. The van der Waals surface area contributed by atoms with E-state index in [1.165, 1.54) is 12.1 Å². The van der Waals surface area contributed by atoms with Crippen LogP contribution in [-0.2, 0) is 21.2 Å². The summed E-state index contributed by atoms with van der Waals surface area (Å²) in [4.78, 5) is 50.7. The number of imidazole rings is 1. The number of alkyl halides is 3. The second kappa shape index (κ2) is 9.74. The van der Waals surface area contributed by atoms with Gasteiger partial charge >= 0.3 is 12.1 Å². The number of benzene rings is 1. The van der Waals surface area contributed by atoms with Crippen LogP contribution in [0.25, 0.3) is 16.8 Å². The zero-order valence-corrected chi connectivity index (χ0v) is 23.8. The molecule has 7 rings (SSSR count). The van der Waals surface area contributed by atoms with Gasteiger partial charge in [0.1, 0.15) is 34.1 Å². The molecule has 5 N–H and O–H groups in total. The van der Waals surface area contributed by atoms with Crippen molar-refractivity contribution in [3.05, 3.63) is 71.9 Å². The number of rotatable bonds is 7. The number of aromatic nitrogens is 4. The van der Waals surface area contributed by atoms with Crippen molar-refractivity contribution in [3.63, 3.8) is 0 Å². The first-order valence-corrected chi connectivity index (χ1v) is 14.5. The Kier molecular flexibility index (Phi) is 6.22. The van der Waals surface area contributed by atoms with Crippen molar-refractivity contribution in [2.45, 2.75) is 62.1 Å². The molecule has 4 aromatic rings. The number of carboxylic acids is 1. The Morgan fingerprint density at radius 1 is 0.956 bits per heavy atom. The first kappa shape index (κ1) is 28.7. The predicted octanol–water partition coefficient (Wildman–Crippen LogP) is 4.58. The molecule has 11 nitrogen and oxygen atoms in total. The van der Waals surface area contributed by atoms with Crippen LogP contribution < -0.4 is 16.4 Å². The normalized spacial score (nSPS) is 23.2. The van der Waals surface area contributed by atoms with Crippen molar-refractivity contribution in [3.8, 4) is 11.3 Å². The largest absolute Gasteiger partial charge is 0.480 e. The fraction of sp³-hybridized carbons (Fsp3) is 0.355. The van der Waals surface area contributed by atoms with E-state index in [2.05, 4.69) is 20.6 Å². The number of nitrogens with two attached hydrogens (primary N) is 1. The molecule has 0 spiro atoms. The summed E-state index contributed by atoms with van der Waals surface area (Å²) in [6, 6.07) is 8.02. The number of carbonyl (C=O) groups excluding carboxylic acids is 2. The fourth-order valence-electron chi connectivity index (χ4n) is 6.99. The maximum absolute atomic E-state index is 13.1. The molecule has 0 atom stereocenters. The smallest absolute Gasteiger partial charge is 0.416 e. The van der Waals surface area contributed by atoms with Gasteiger partial charge in [-0.3, -0.25) is 18.8 Å². The molecule has 0 saturated heterocycles. The van der Waals surface area contributed by atoms with E-state index in [9.17, 15) is 32.7 Å². The highest BCUT2D eigenvalue weighted by atomic mass is 19.4. The number of aliphatic carboxylic acids is 1. The lowest BCUT2D eigenvalue weighted by atomic mass is 9.83. The summed E-state index contributed by atoms with van der Waals surface area (Å²) in [7, 11) is 0. The van der Waals surface area contributed by atoms with Gasteiger partial charge in [0.15, 0.2) is 0 Å². The molecular weight excluding hydrogens is 591 g/mol. The van der Waals surface area contributed by atoms with Gasteiger partial charge in [-0.15, -0.1) is 0 Å². The summed E-state index contributed by atoms with van der Waals surface area (Å²) in [5.41, 5.74) is 5.22. The van der Waals surface area contributed by atoms with E-state index in [0.717, 1.165) is 37.0 Å². The number of nitrogens with zero attached hydrogens (tertiary/aromatic N) is 4. The van der Waals surface area contributed by atoms with Gasteiger partial charge in [-0.2, -0.15) is 13.2 Å². The number of anilines is 2. The van der Waals surface area contributed by atoms with Crippen LogP contribution in [0.15, 0.2) is 55.0 Å². The van der Waals surface area contributed by atoms with Gasteiger partial charge < -0.3 is 21.5 Å². The van der Waals surface area contributed by atoms with Crippen molar-refractivity contribution >= 4 is 34.9 Å². The molecule has 3 aromatic heterocycles. The zero-order valence-electron chi connectivity index (χ0n) is 23.8. The van der Waals surface area contributed by atoms with Gasteiger partial charge in [0.2, 0.25) is 5.91 Å². The Balaban J connectivity index is 1.16. The number of hydrogen-bond acceptors (Lipinski definition) is 7. The Morgan fingerprint density at radius 2 is 1.67 bits per heavy atom. The van der Waals surface area contributed by atoms with Crippen LogP contribution in [0.5, 0.6) is 0 Å². The quantitative estimate of drug-likeness (QED) is 0.218. The van der Waals surface area contributed by atoms with Crippen LogP contribution in [0.4, 0.5) is 24.8 Å². The molecule has 45 heavy (non-hydrogen) atoms. The van der Waals surface area contributed by atoms with Crippen LogP contribution in [-0.4, -0.2) is 47.8 Å². The number of amides is 2. The van der Waals surface area contributed by atoms with E-state index >= 15 is 0 Å². The minimum Gasteiger partial charge on any atom is -0.480 e. The molecule has 3 heterocycles. The Labute approximate surface area is 254 Å². The average molecular weight is 620 g/mol. The lowest BCUT2D eigenvalue weighted by Gasteiger charge is -2.29. The fourth-order valence-corrected chi connectivity index (χ4v) is 6.99. The van der Waals surface area contributed by atoms with Crippen LogP contribution in [0.1, 0.15) is 66.7 Å². The van der Waals surface area contributed by atoms with E-state index in [4.69, 9.17) is 10.7 Å². The molecule has 232 valence electrons. The van der Waals surface area contributed by atoms with Crippen molar-refractivity contribution in [1.29, 1.82) is 0 Å². The summed E-state index contributed by atoms with van der Waals surface area (Å²) in [6.07, 6.45) is 3.98. The van der Waals surface area contributed by atoms with E-state index in [1.807, 2.05) is 4.40 Å². The topological polar surface area (TPSA) is 165 Å². The van der Waals surface area contributed by atoms with E-state index in [-0.39, 0.29) is 22.6 Å². The monoisotopic (exact) mass is 619 g/mol. The summed E-state index contributed by atoms with van der Waals surface area (Å²) in [5.74, 6) is -1.32. The molecule has 0 unspecified atom stereocenters. The third kappa shape index (κ3) is 4.66. The maximum atomic E-state index is 13.1. The number of nitrogens with one attached hydrogen (secondary N) is 2. The number of carboxylic acid groups (broad SMARTS) is 1. The molecule has 3 aliphatic carbocycles. The molecule has 14 heteroatoms. The van der Waals surface area contributed by atoms with Gasteiger partial charge in [0.05, 0.1) is 5.56 Å². The van der Waals surface area contributed by atoms with Crippen LogP contribution >= 0.6 is 0 Å². The maximum Gasteiger partial charge on any atom is 0.416 e. The molecule has 0 radical (unpaired) electrons. The van der Waals surface area contributed by atoms with Crippen molar-refractivity contribution in [1.82, 2.24) is 24.7 Å². The van der Waals surface area contributed by atoms with Crippen LogP contribution in [0.3, 0.4) is 0 Å². The van der Waals surface area contributed by atoms with Gasteiger partial charge in [-0.05, 0) is 69.2 Å². The summed E-state index contributed by atoms with van der Waals surface area (Å²) >= 11 is 0. The third-order valence-electron chi connectivity index (χ3n) is 9.62. The van der Waals surface area contributed by atoms with Crippen LogP contribution in [0, 0.1) is 5.41 Å². The second-order valence-electron chi connectivity index (χ2n) is 12.4. The second-order valence-corrected chi connectivity index (χ2v) is 12.4. The number of halogens is 3. The third-order valence-corrected chi connectivity index (χ3v) is 9.62. The molecular formula is C31H28F3N7O4. The molecule has 3 fully saturated rings. The van der Waals surface area contributed by atoms with E-state index in [1.54, 1.807) is 24.5 Å². The number of hydrogen-bond donors (Lipinski definition) is 4. The van der Waals surface area contributed by atoms with Crippen molar-refractivity contribution in [2.75, 3.05) is 11.1 Å². The molecule has 0 aliphatic heterocycles. The summed E-state index contributed by atoms with van der Waals surface area (Å²) in [5, 5.41) is 15.1. The lowest BCUT2D eigenvalue weighted by molar-refractivity contribution is -0.149. The van der Waals surface area contributed by atoms with Gasteiger partial charge in [-0.25, -0.2) is 15.0 Å². The molecule has 1 aromatic carbocycles. The number of fused-ring (bicyclic) bond motifs is 3. The highest BCUT2D eigenvalue weighted by molar-refractivity contribution is 6.05. The highest BCUT2D eigenvalue weighted by Crippen LogP contribution is 2.58. The Bertz CT molecular complexity index is 1870. The number of pyridine rings is 1. The molecule has 2 amide bonds. The zero-order chi connectivity index (χ0) is 31.8. The molecule has 2 bridgehead atoms. The van der Waals surface area contributed by atoms with E-state index in [0.29, 0.717) is 48.9 Å². The van der Waals surface area contributed by atoms with Crippen LogP contribution in [0.2, 0.25) is 0 Å². The van der Waals surface area contributed by atoms with Gasteiger partial charge in [0, 0.05) is 40.7 Å². The van der Waals surface area contributed by atoms with E-state index < -0.39 is 40.5 Å². The Hall–Kier alpha value is -5.01. The predicted molar refractivity (Wildman–Crippen MR) is 155 cm³/mol. The minimum absolute atomic E-state index is 0.202. The van der Waals surface area contributed by atoms with Gasteiger partial charge in [-0.1, -0.05) is 12.1 Å². The lowest BCUT2D eigenvalue weighted by Crippen LogP contribution is -2.49. The Morgan fingerprint density at radius 3 is 2.31 bits per heavy atom. The SMILES string of the molecule is Nc1nccn2c(C34CCC(NC(=O)C5(C(=O)O)CC5)(CC3)C4)nc(-c3ccc(C(=O)Nc4cc(C(F)(F)F)ccn4)cc3)c12. The minimum atomic E-state index is -4.57. The number of nitrogen functional groups attached to an aromatic ring is 1. The molecule has 3 saturated carbocycles. The molecule has 3 aliphatic rings. The highest BCUT2D eigenvalue weighted by Gasteiger charge is 2.62. The number of carbonyl (C=O) groups is 3. The standard InChI is InChI=1S/C31H28F3N7O4/c32-31(33,34)19-5-12-36-20(15-19)38-24(42)18-3-1-17(2-4-18)21-22-23(35)37-13-14-41(22)25(39-21)28-6-8-29(16-28,9-7-28)40-26(43)30(10-11-30)27(44)45/h1-5,12-15H,6-11,16H2,(H2,35,37)(H,40,43)(H,44,45)(H,36,38,42). The van der Waals surface area contributed by atoms with Crippen molar-refractivity contribution < 1.29 is 32.7 Å². The summed E-state index contributed by atoms with van der Waals surface area (Å²) in [6.45, 7) is 0. The first-order chi connectivity index (χ1) is 21.3.